The second kappa shape index (κ2) is 5.01. The fourth-order valence-corrected chi connectivity index (χ4v) is 3.69. The van der Waals surface area contributed by atoms with Crippen molar-refractivity contribution in [1.82, 2.24) is 5.32 Å². The molecule has 0 aromatic heterocycles. The summed E-state index contributed by atoms with van der Waals surface area (Å²) in [5.41, 5.74) is 0. The fraction of sp³-hybridized carbons (Fsp3) is 0.846. The standard InChI is InChI=1S/C13H22N2OS/c1-4-6-10(9(2)3)14-12-15-11(16)13(17-12)7-5-8-13/h9-10H,4-8H2,1-3H3,(H,14,15,16). The summed E-state index contributed by atoms with van der Waals surface area (Å²) >= 11 is 1.67. The molecule has 0 radical (unpaired) electrons. The van der Waals surface area contributed by atoms with E-state index in [-0.39, 0.29) is 10.7 Å². The molecule has 2 rings (SSSR count). The van der Waals surface area contributed by atoms with Crippen LogP contribution in [0.4, 0.5) is 0 Å². The predicted molar refractivity (Wildman–Crippen MR) is 73.3 cm³/mol. The van der Waals surface area contributed by atoms with Gasteiger partial charge in [0.25, 0.3) is 0 Å². The van der Waals surface area contributed by atoms with Gasteiger partial charge in [-0.25, -0.2) is 0 Å². The molecule has 96 valence electrons. The van der Waals surface area contributed by atoms with Crippen LogP contribution in [-0.4, -0.2) is 21.9 Å². The van der Waals surface area contributed by atoms with Crippen LogP contribution < -0.4 is 5.32 Å². The number of carbonyl (C=O) groups excluding carboxylic acids is 1. The predicted octanol–water partition coefficient (Wildman–Crippen LogP) is 2.95. The van der Waals surface area contributed by atoms with Gasteiger partial charge in [-0.15, -0.1) is 0 Å². The smallest absolute Gasteiger partial charge is 0.242 e. The third-order valence-electron chi connectivity index (χ3n) is 3.72. The van der Waals surface area contributed by atoms with E-state index in [1.807, 2.05) is 0 Å². The Hall–Kier alpha value is -0.510. The van der Waals surface area contributed by atoms with E-state index in [1.54, 1.807) is 11.8 Å². The normalized spacial score (nSPS) is 26.4. The van der Waals surface area contributed by atoms with Crippen molar-refractivity contribution in [3.8, 4) is 0 Å². The van der Waals surface area contributed by atoms with Gasteiger partial charge >= 0.3 is 0 Å². The molecule has 1 saturated carbocycles. The molecule has 1 heterocycles. The highest BCUT2D eigenvalue weighted by Crippen LogP contribution is 2.47. The first kappa shape index (κ1) is 12.9. The van der Waals surface area contributed by atoms with E-state index in [1.165, 1.54) is 6.42 Å². The first-order valence-corrected chi connectivity index (χ1v) is 7.47. The van der Waals surface area contributed by atoms with Crippen LogP contribution in [0.3, 0.4) is 0 Å². The van der Waals surface area contributed by atoms with E-state index in [9.17, 15) is 4.79 Å². The second-order valence-electron chi connectivity index (χ2n) is 5.44. The summed E-state index contributed by atoms with van der Waals surface area (Å²) in [4.78, 5) is 16.6. The van der Waals surface area contributed by atoms with Crippen molar-refractivity contribution in [1.29, 1.82) is 0 Å². The second-order valence-corrected chi connectivity index (χ2v) is 6.81. The van der Waals surface area contributed by atoms with Crippen molar-refractivity contribution in [3.63, 3.8) is 0 Å². The lowest BCUT2D eigenvalue weighted by Crippen LogP contribution is -2.42. The molecule has 1 amide bonds. The zero-order valence-electron chi connectivity index (χ0n) is 11.0. The Morgan fingerprint density at radius 1 is 1.47 bits per heavy atom. The van der Waals surface area contributed by atoms with Crippen molar-refractivity contribution in [2.75, 3.05) is 0 Å². The van der Waals surface area contributed by atoms with Gasteiger partial charge in [-0.05, 0) is 31.6 Å². The van der Waals surface area contributed by atoms with Crippen LogP contribution in [0.25, 0.3) is 0 Å². The number of carbonyl (C=O) groups is 1. The maximum absolute atomic E-state index is 11.9. The molecule has 17 heavy (non-hydrogen) atoms. The van der Waals surface area contributed by atoms with Crippen molar-refractivity contribution >= 4 is 22.8 Å². The molecule has 0 bridgehead atoms. The minimum Gasteiger partial charge on any atom is -0.304 e. The summed E-state index contributed by atoms with van der Waals surface area (Å²) in [5, 5.41) is 3.83. The van der Waals surface area contributed by atoms with E-state index < -0.39 is 0 Å². The van der Waals surface area contributed by atoms with Gasteiger partial charge in [0.1, 0.15) is 4.75 Å². The number of nitrogens with one attached hydrogen (secondary N) is 1. The van der Waals surface area contributed by atoms with Gasteiger partial charge in [0, 0.05) is 0 Å². The van der Waals surface area contributed by atoms with Crippen LogP contribution in [0.2, 0.25) is 0 Å². The third-order valence-corrected chi connectivity index (χ3v) is 5.11. The van der Waals surface area contributed by atoms with E-state index in [2.05, 4.69) is 26.1 Å². The molecule has 4 heteroatoms. The minimum absolute atomic E-state index is 0.146. The highest BCUT2D eigenvalue weighted by molar-refractivity contribution is 8.16. The van der Waals surface area contributed by atoms with Crippen molar-refractivity contribution in [2.45, 2.75) is 63.7 Å². The number of amides is 1. The number of aliphatic imine (C=N–C) groups is 1. The molecular weight excluding hydrogens is 232 g/mol. The van der Waals surface area contributed by atoms with Crippen LogP contribution in [0.15, 0.2) is 4.99 Å². The van der Waals surface area contributed by atoms with Gasteiger partial charge in [-0.2, -0.15) is 0 Å². The molecule has 1 aliphatic heterocycles. The molecule has 1 unspecified atom stereocenters. The topological polar surface area (TPSA) is 41.5 Å². The quantitative estimate of drug-likeness (QED) is 0.838. The molecule has 1 N–H and O–H groups in total. The average Bonchev–Trinajstić information content (AvgIpc) is 2.54. The molecule has 1 spiro atoms. The SMILES string of the molecule is CCCC(N=C1NC(=O)C2(CCC2)S1)C(C)C. The van der Waals surface area contributed by atoms with E-state index >= 15 is 0 Å². The number of rotatable bonds is 4. The number of thioether (sulfide) groups is 1. The number of amidine groups is 1. The summed E-state index contributed by atoms with van der Waals surface area (Å²) in [6, 6.07) is 0.345. The average molecular weight is 254 g/mol. The highest BCUT2D eigenvalue weighted by Gasteiger charge is 2.51. The van der Waals surface area contributed by atoms with Crippen LogP contribution in [0.5, 0.6) is 0 Å². The zero-order valence-corrected chi connectivity index (χ0v) is 11.8. The van der Waals surface area contributed by atoms with E-state index in [0.717, 1.165) is 30.9 Å². The first-order chi connectivity index (χ1) is 8.07. The van der Waals surface area contributed by atoms with Crippen LogP contribution in [0, 0.1) is 5.92 Å². The van der Waals surface area contributed by atoms with Gasteiger partial charge < -0.3 is 5.32 Å². The lowest BCUT2D eigenvalue weighted by molar-refractivity contribution is -0.123. The molecule has 1 saturated heterocycles. The Bertz CT molecular complexity index is 334. The fourth-order valence-electron chi connectivity index (χ4n) is 2.35. The van der Waals surface area contributed by atoms with Gasteiger partial charge in [0.2, 0.25) is 5.91 Å². The molecule has 0 aromatic rings. The summed E-state index contributed by atoms with van der Waals surface area (Å²) < 4.78 is -0.146. The molecule has 1 aliphatic carbocycles. The molecule has 2 aliphatic rings. The maximum atomic E-state index is 11.9. The van der Waals surface area contributed by atoms with Crippen LogP contribution in [-0.2, 0) is 4.79 Å². The number of hydrogen-bond donors (Lipinski definition) is 1. The lowest BCUT2D eigenvalue weighted by Gasteiger charge is -2.33. The summed E-state index contributed by atoms with van der Waals surface area (Å²) in [7, 11) is 0. The van der Waals surface area contributed by atoms with Crippen LogP contribution >= 0.6 is 11.8 Å². The minimum atomic E-state index is -0.146. The Kier molecular flexibility index (Phi) is 3.81. The Morgan fingerprint density at radius 2 is 2.18 bits per heavy atom. The number of nitrogens with zero attached hydrogens (tertiary/aromatic N) is 1. The first-order valence-electron chi connectivity index (χ1n) is 6.65. The molecule has 2 fully saturated rings. The monoisotopic (exact) mass is 254 g/mol. The van der Waals surface area contributed by atoms with Gasteiger partial charge in [-0.1, -0.05) is 39.0 Å². The van der Waals surface area contributed by atoms with Crippen molar-refractivity contribution < 1.29 is 4.79 Å². The Morgan fingerprint density at radius 3 is 2.59 bits per heavy atom. The Balaban J connectivity index is 2.05. The largest absolute Gasteiger partial charge is 0.304 e. The van der Waals surface area contributed by atoms with Gasteiger partial charge in [-0.3, -0.25) is 9.79 Å². The highest BCUT2D eigenvalue weighted by atomic mass is 32.2. The molecule has 0 aromatic carbocycles. The van der Waals surface area contributed by atoms with E-state index in [4.69, 9.17) is 4.99 Å². The number of hydrogen-bond acceptors (Lipinski definition) is 3. The molecule has 1 atom stereocenters. The third kappa shape index (κ3) is 2.51. The maximum Gasteiger partial charge on any atom is 0.242 e. The van der Waals surface area contributed by atoms with Gasteiger partial charge in [0.05, 0.1) is 6.04 Å². The summed E-state index contributed by atoms with van der Waals surface area (Å²) in [6.07, 6.45) is 5.45. The van der Waals surface area contributed by atoms with Crippen LogP contribution in [0.1, 0.15) is 52.9 Å². The summed E-state index contributed by atoms with van der Waals surface area (Å²) in [5.74, 6) is 0.726. The summed E-state index contributed by atoms with van der Waals surface area (Å²) in [6.45, 7) is 6.58. The zero-order chi connectivity index (χ0) is 12.5. The van der Waals surface area contributed by atoms with Crippen molar-refractivity contribution in [3.05, 3.63) is 0 Å². The van der Waals surface area contributed by atoms with Gasteiger partial charge in [0.15, 0.2) is 5.17 Å². The lowest BCUT2D eigenvalue weighted by atomic mass is 9.84. The molecule has 3 nitrogen and oxygen atoms in total. The Labute approximate surface area is 108 Å². The van der Waals surface area contributed by atoms with E-state index in [0.29, 0.717) is 12.0 Å². The molecular formula is C13H22N2OS. The van der Waals surface area contributed by atoms with Crippen molar-refractivity contribution in [2.24, 2.45) is 10.9 Å².